The van der Waals surface area contributed by atoms with E-state index in [-0.39, 0.29) is 11.7 Å². The Labute approximate surface area is 93.7 Å². The van der Waals surface area contributed by atoms with Gasteiger partial charge in [-0.25, -0.2) is 4.79 Å². The molecule has 3 nitrogen and oxygen atoms in total. The first kappa shape index (κ1) is 10.5. The molecule has 1 aromatic carbocycles. The Kier molecular flexibility index (Phi) is 3.05. The number of allylic oxidation sites excluding steroid dienone is 2. The van der Waals surface area contributed by atoms with Crippen molar-refractivity contribution in [3.05, 3.63) is 48.1 Å². The molecular formula is C13H12O3. The van der Waals surface area contributed by atoms with Crippen LogP contribution in [-0.4, -0.2) is 11.1 Å². The summed E-state index contributed by atoms with van der Waals surface area (Å²) in [5, 5.41) is 9.22. The second kappa shape index (κ2) is 4.66. The molecule has 16 heavy (non-hydrogen) atoms. The fraction of sp³-hybridized carbons (Fsp3) is 0.154. The maximum atomic E-state index is 11.7. The van der Waals surface area contributed by atoms with Gasteiger partial charge >= 0.3 is 5.97 Å². The normalized spacial score (nSPS) is 14.4. The molecule has 0 amide bonds. The average molecular weight is 216 g/mol. The fourth-order valence-electron chi connectivity index (χ4n) is 1.48. The zero-order valence-corrected chi connectivity index (χ0v) is 8.72. The van der Waals surface area contributed by atoms with E-state index in [0.717, 1.165) is 12.8 Å². The molecule has 0 heterocycles. The number of ether oxygens (including phenoxy) is 1. The molecule has 1 aromatic rings. The van der Waals surface area contributed by atoms with Crippen LogP contribution in [0.25, 0.3) is 0 Å². The monoisotopic (exact) mass is 216 g/mol. The van der Waals surface area contributed by atoms with E-state index in [1.807, 2.05) is 12.2 Å². The van der Waals surface area contributed by atoms with Crippen molar-refractivity contribution in [3.63, 3.8) is 0 Å². The second-order valence-electron chi connectivity index (χ2n) is 3.53. The van der Waals surface area contributed by atoms with Gasteiger partial charge in [-0.15, -0.1) is 0 Å². The van der Waals surface area contributed by atoms with Crippen molar-refractivity contribution >= 4 is 5.97 Å². The van der Waals surface area contributed by atoms with Gasteiger partial charge in [-0.3, -0.25) is 0 Å². The largest absolute Gasteiger partial charge is 0.508 e. The van der Waals surface area contributed by atoms with Crippen molar-refractivity contribution in [2.75, 3.05) is 0 Å². The van der Waals surface area contributed by atoms with Crippen LogP contribution >= 0.6 is 0 Å². The number of phenols is 1. The van der Waals surface area contributed by atoms with E-state index in [2.05, 4.69) is 0 Å². The van der Waals surface area contributed by atoms with Crippen LogP contribution in [0.1, 0.15) is 12.8 Å². The predicted molar refractivity (Wildman–Crippen MR) is 60.2 cm³/mol. The number of esters is 1. The third-order valence-corrected chi connectivity index (χ3v) is 2.26. The number of carbonyl (C=O) groups excluding carboxylic acids is 1. The van der Waals surface area contributed by atoms with Gasteiger partial charge in [0.05, 0.1) is 5.57 Å². The fourth-order valence-corrected chi connectivity index (χ4v) is 1.48. The molecule has 0 aromatic heterocycles. The number of hydrogen-bond donors (Lipinski definition) is 1. The lowest BCUT2D eigenvalue weighted by Gasteiger charge is -2.07. The van der Waals surface area contributed by atoms with Crippen molar-refractivity contribution in [2.45, 2.75) is 12.8 Å². The molecule has 0 fully saturated rings. The van der Waals surface area contributed by atoms with Crippen molar-refractivity contribution in [2.24, 2.45) is 0 Å². The average Bonchev–Trinajstić information content (AvgIpc) is 2.30. The number of hydrogen-bond acceptors (Lipinski definition) is 3. The lowest BCUT2D eigenvalue weighted by molar-refractivity contribution is -0.129. The van der Waals surface area contributed by atoms with Crippen LogP contribution in [0, 0.1) is 0 Å². The molecular weight excluding hydrogens is 204 g/mol. The minimum atomic E-state index is -0.387. The number of aromatic hydroxyl groups is 1. The molecule has 0 bridgehead atoms. The van der Waals surface area contributed by atoms with Crippen molar-refractivity contribution < 1.29 is 14.6 Å². The SMILES string of the molecule is O=C(Oc1cccc(O)c1)C1=CCCC=C1. The van der Waals surface area contributed by atoms with Gasteiger partial charge in [0.2, 0.25) is 0 Å². The quantitative estimate of drug-likeness (QED) is 0.610. The number of rotatable bonds is 2. The summed E-state index contributed by atoms with van der Waals surface area (Å²) in [6.45, 7) is 0. The first-order valence-corrected chi connectivity index (χ1v) is 5.13. The van der Waals surface area contributed by atoms with Crippen LogP contribution in [0.3, 0.4) is 0 Å². The van der Waals surface area contributed by atoms with Gasteiger partial charge in [0, 0.05) is 6.07 Å². The Morgan fingerprint density at radius 2 is 2.19 bits per heavy atom. The first-order chi connectivity index (χ1) is 7.75. The standard InChI is InChI=1S/C13H12O3/c14-11-7-4-8-12(9-11)16-13(15)10-5-2-1-3-6-10/h2,4-9,14H,1,3H2. The van der Waals surface area contributed by atoms with Crippen LogP contribution in [0.2, 0.25) is 0 Å². The van der Waals surface area contributed by atoms with Crippen LogP contribution in [0.4, 0.5) is 0 Å². The van der Waals surface area contributed by atoms with Crippen molar-refractivity contribution in [1.82, 2.24) is 0 Å². The van der Waals surface area contributed by atoms with E-state index in [1.165, 1.54) is 12.1 Å². The second-order valence-corrected chi connectivity index (χ2v) is 3.53. The summed E-state index contributed by atoms with van der Waals surface area (Å²) in [7, 11) is 0. The van der Waals surface area contributed by atoms with Crippen LogP contribution < -0.4 is 4.74 Å². The van der Waals surface area contributed by atoms with Gasteiger partial charge in [0.15, 0.2) is 0 Å². The van der Waals surface area contributed by atoms with Gasteiger partial charge in [-0.1, -0.05) is 24.3 Å². The lowest BCUT2D eigenvalue weighted by atomic mass is 10.1. The predicted octanol–water partition coefficient (Wildman–Crippen LogP) is 2.57. The molecule has 0 radical (unpaired) electrons. The minimum absolute atomic E-state index is 0.0819. The molecule has 0 atom stereocenters. The topological polar surface area (TPSA) is 46.5 Å². The van der Waals surface area contributed by atoms with E-state index < -0.39 is 0 Å². The summed E-state index contributed by atoms with van der Waals surface area (Å²) in [6, 6.07) is 6.19. The summed E-state index contributed by atoms with van der Waals surface area (Å²) in [6.07, 6.45) is 7.38. The molecule has 0 spiro atoms. The minimum Gasteiger partial charge on any atom is -0.508 e. The summed E-state index contributed by atoms with van der Waals surface area (Å²) < 4.78 is 5.12. The van der Waals surface area contributed by atoms with Crippen LogP contribution in [0.15, 0.2) is 48.1 Å². The summed E-state index contributed by atoms with van der Waals surface area (Å²) in [5.74, 6) is 0.0462. The number of phenolic OH excluding ortho intramolecular Hbond substituents is 1. The molecule has 0 aliphatic heterocycles. The van der Waals surface area contributed by atoms with Gasteiger partial charge in [-0.05, 0) is 25.0 Å². The van der Waals surface area contributed by atoms with Crippen LogP contribution in [-0.2, 0) is 4.79 Å². The zero-order chi connectivity index (χ0) is 11.4. The van der Waals surface area contributed by atoms with Gasteiger partial charge in [0.25, 0.3) is 0 Å². The highest BCUT2D eigenvalue weighted by atomic mass is 16.5. The van der Waals surface area contributed by atoms with E-state index in [4.69, 9.17) is 4.74 Å². The van der Waals surface area contributed by atoms with Gasteiger partial charge < -0.3 is 9.84 Å². The van der Waals surface area contributed by atoms with E-state index >= 15 is 0 Å². The molecule has 1 aliphatic carbocycles. The Hall–Kier alpha value is -2.03. The maximum absolute atomic E-state index is 11.7. The van der Waals surface area contributed by atoms with Gasteiger partial charge in [0.1, 0.15) is 11.5 Å². The molecule has 0 unspecified atom stereocenters. The smallest absolute Gasteiger partial charge is 0.343 e. The van der Waals surface area contributed by atoms with Crippen molar-refractivity contribution in [3.8, 4) is 11.5 Å². The molecule has 1 N–H and O–H groups in total. The van der Waals surface area contributed by atoms with E-state index in [0.29, 0.717) is 11.3 Å². The molecule has 1 aliphatic rings. The number of carbonyl (C=O) groups is 1. The third-order valence-electron chi connectivity index (χ3n) is 2.26. The van der Waals surface area contributed by atoms with E-state index in [9.17, 15) is 9.90 Å². The Morgan fingerprint density at radius 1 is 1.31 bits per heavy atom. The maximum Gasteiger partial charge on any atom is 0.343 e. The highest BCUT2D eigenvalue weighted by Gasteiger charge is 2.10. The van der Waals surface area contributed by atoms with E-state index in [1.54, 1.807) is 18.2 Å². The molecule has 0 saturated heterocycles. The molecule has 0 saturated carbocycles. The Morgan fingerprint density at radius 3 is 2.88 bits per heavy atom. The highest BCUT2D eigenvalue weighted by molar-refractivity contribution is 5.93. The first-order valence-electron chi connectivity index (χ1n) is 5.13. The molecule has 3 heteroatoms. The summed E-state index contributed by atoms with van der Waals surface area (Å²) in [5.41, 5.74) is 0.564. The third kappa shape index (κ3) is 2.51. The summed E-state index contributed by atoms with van der Waals surface area (Å²) >= 11 is 0. The van der Waals surface area contributed by atoms with Crippen molar-refractivity contribution in [1.29, 1.82) is 0 Å². The number of benzene rings is 1. The van der Waals surface area contributed by atoms with Crippen LogP contribution in [0.5, 0.6) is 11.5 Å². The molecule has 82 valence electrons. The highest BCUT2D eigenvalue weighted by Crippen LogP contribution is 2.19. The van der Waals surface area contributed by atoms with Gasteiger partial charge in [-0.2, -0.15) is 0 Å². The Bertz CT molecular complexity index is 458. The molecule has 2 rings (SSSR count). The summed E-state index contributed by atoms with van der Waals surface area (Å²) in [4.78, 5) is 11.7. The lowest BCUT2D eigenvalue weighted by Crippen LogP contribution is -2.10. The Balaban J connectivity index is 2.07. The zero-order valence-electron chi connectivity index (χ0n) is 8.72.